The number of amides is 1. The second kappa shape index (κ2) is 7.66. The Morgan fingerprint density at radius 1 is 1.25 bits per heavy atom. The normalized spacial score (nSPS) is 23.0. The summed E-state index contributed by atoms with van der Waals surface area (Å²) in [6.45, 7) is 1.56. The summed E-state index contributed by atoms with van der Waals surface area (Å²) in [6, 6.07) is 6.32. The fourth-order valence-corrected chi connectivity index (χ4v) is 3.94. The number of halogens is 1. The van der Waals surface area contributed by atoms with Crippen LogP contribution in [0, 0.1) is 0 Å². The summed E-state index contributed by atoms with van der Waals surface area (Å²) in [7, 11) is 1.55. The molecule has 6 heteroatoms. The molecule has 2 aliphatic rings. The first-order chi connectivity index (χ1) is 11.6. The molecule has 1 N–H and O–H groups in total. The molecule has 130 valence electrons. The molecule has 2 heterocycles. The van der Waals surface area contributed by atoms with Gasteiger partial charge in [0.05, 0.1) is 12.7 Å². The number of fused-ring (bicyclic) bond motifs is 2. The van der Waals surface area contributed by atoms with E-state index in [1.54, 1.807) is 19.2 Å². The van der Waals surface area contributed by atoms with Gasteiger partial charge in [-0.15, -0.1) is 0 Å². The Bertz CT molecular complexity index is 635. The van der Waals surface area contributed by atoms with Crippen LogP contribution in [0.5, 0.6) is 5.75 Å². The highest BCUT2D eigenvalue weighted by atomic mass is 79.9. The Balaban J connectivity index is 1.58. The first-order valence-corrected chi connectivity index (χ1v) is 9.26. The molecule has 1 aromatic rings. The summed E-state index contributed by atoms with van der Waals surface area (Å²) in [5.74, 6) is 0.564. The van der Waals surface area contributed by atoms with Gasteiger partial charge in [0, 0.05) is 42.5 Å². The van der Waals surface area contributed by atoms with Crippen LogP contribution in [0.1, 0.15) is 42.5 Å². The largest absolute Gasteiger partial charge is 0.496 e. The molecule has 2 aliphatic heterocycles. The predicted octanol–water partition coefficient (Wildman–Crippen LogP) is 2.77. The Labute approximate surface area is 150 Å². The van der Waals surface area contributed by atoms with Gasteiger partial charge >= 0.3 is 0 Å². The van der Waals surface area contributed by atoms with Gasteiger partial charge < -0.3 is 15.0 Å². The molecule has 2 unspecified atom stereocenters. The van der Waals surface area contributed by atoms with Gasteiger partial charge in [-0.1, -0.05) is 15.9 Å². The second-order valence-corrected chi connectivity index (χ2v) is 7.45. The van der Waals surface area contributed by atoms with Gasteiger partial charge in [0.25, 0.3) is 0 Å². The third kappa shape index (κ3) is 3.98. The van der Waals surface area contributed by atoms with Crippen LogP contribution < -0.4 is 10.1 Å². The van der Waals surface area contributed by atoms with Crippen molar-refractivity contribution in [3.63, 3.8) is 0 Å². The quantitative estimate of drug-likeness (QED) is 0.780. The number of nitrogens with zero attached hydrogens (tertiary/aromatic N) is 1. The highest BCUT2D eigenvalue weighted by molar-refractivity contribution is 9.10. The van der Waals surface area contributed by atoms with E-state index < -0.39 is 0 Å². The zero-order valence-electron chi connectivity index (χ0n) is 13.9. The summed E-state index contributed by atoms with van der Waals surface area (Å²) >= 11 is 3.37. The predicted molar refractivity (Wildman–Crippen MR) is 95.4 cm³/mol. The molecule has 2 fully saturated rings. The molecule has 0 saturated carbocycles. The average molecular weight is 395 g/mol. The van der Waals surface area contributed by atoms with Crippen molar-refractivity contribution in [2.24, 2.45) is 0 Å². The Kier molecular flexibility index (Phi) is 5.56. The Morgan fingerprint density at radius 3 is 2.83 bits per heavy atom. The maximum atomic E-state index is 12.5. The molecule has 0 aromatic heterocycles. The number of likely N-dealkylation sites (tertiary alicyclic amines) is 1. The summed E-state index contributed by atoms with van der Waals surface area (Å²) in [5, 5.41) is 3.57. The minimum absolute atomic E-state index is 0.0593. The first-order valence-electron chi connectivity index (χ1n) is 8.47. The fraction of sp³-hybridized carbons (Fsp3) is 0.556. The third-order valence-corrected chi connectivity index (χ3v) is 5.40. The maximum absolute atomic E-state index is 12.5. The van der Waals surface area contributed by atoms with Crippen LogP contribution in [0.4, 0.5) is 0 Å². The van der Waals surface area contributed by atoms with E-state index in [0.29, 0.717) is 23.4 Å². The van der Waals surface area contributed by atoms with Crippen LogP contribution in [0.25, 0.3) is 0 Å². The Morgan fingerprint density at radius 2 is 2.04 bits per heavy atom. The van der Waals surface area contributed by atoms with E-state index in [0.717, 1.165) is 30.4 Å². The lowest BCUT2D eigenvalue weighted by molar-refractivity contribution is -0.131. The number of ketones is 1. The van der Waals surface area contributed by atoms with Crippen LogP contribution in [0.2, 0.25) is 0 Å². The lowest BCUT2D eigenvalue weighted by Gasteiger charge is -2.24. The van der Waals surface area contributed by atoms with Crippen molar-refractivity contribution in [1.82, 2.24) is 10.2 Å². The second-order valence-electron chi connectivity index (χ2n) is 6.53. The molecule has 0 spiro atoms. The van der Waals surface area contributed by atoms with E-state index in [2.05, 4.69) is 21.2 Å². The maximum Gasteiger partial charge on any atom is 0.223 e. The van der Waals surface area contributed by atoms with Gasteiger partial charge in [-0.25, -0.2) is 0 Å². The van der Waals surface area contributed by atoms with Crippen molar-refractivity contribution >= 4 is 27.6 Å². The molecule has 2 saturated heterocycles. The molecule has 2 bridgehead atoms. The molecule has 2 atom stereocenters. The van der Waals surface area contributed by atoms with Crippen molar-refractivity contribution in [1.29, 1.82) is 0 Å². The zero-order chi connectivity index (χ0) is 17.1. The third-order valence-electron chi connectivity index (χ3n) is 4.90. The van der Waals surface area contributed by atoms with E-state index in [4.69, 9.17) is 4.74 Å². The van der Waals surface area contributed by atoms with Crippen molar-refractivity contribution in [2.45, 2.75) is 44.2 Å². The van der Waals surface area contributed by atoms with Gasteiger partial charge in [-0.3, -0.25) is 9.59 Å². The van der Waals surface area contributed by atoms with Crippen LogP contribution in [0.3, 0.4) is 0 Å². The number of hydrogen-bond acceptors (Lipinski definition) is 4. The monoisotopic (exact) mass is 394 g/mol. The molecular weight excluding hydrogens is 372 g/mol. The molecule has 0 radical (unpaired) electrons. The number of nitrogens with one attached hydrogen (secondary N) is 1. The lowest BCUT2D eigenvalue weighted by atomic mass is 10.0. The first kappa shape index (κ1) is 17.4. The number of rotatable bonds is 5. The van der Waals surface area contributed by atoms with Crippen LogP contribution >= 0.6 is 15.9 Å². The number of Topliss-reactive ketones (excluding diaryl/α,β-unsaturated/α-hetero) is 1. The fourth-order valence-electron chi connectivity index (χ4n) is 3.58. The number of carbonyl (C=O) groups excluding carboxylic acids is 2. The van der Waals surface area contributed by atoms with E-state index in [1.807, 2.05) is 11.0 Å². The average Bonchev–Trinajstić information content (AvgIpc) is 2.91. The van der Waals surface area contributed by atoms with Gasteiger partial charge in [-0.05, 0) is 37.5 Å². The summed E-state index contributed by atoms with van der Waals surface area (Å²) < 4.78 is 6.08. The summed E-state index contributed by atoms with van der Waals surface area (Å²) in [4.78, 5) is 26.9. The van der Waals surface area contributed by atoms with E-state index in [-0.39, 0.29) is 24.5 Å². The van der Waals surface area contributed by atoms with E-state index in [9.17, 15) is 9.59 Å². The van der Waals surface area contributed by atoms with Gasteiger partial charge in [0.1, 0.15) is 5.75 Å². The number of hydrogen-bond donors (Lipinski definition) is 1. The van der Waals surface area contributed by atoms with Crippen LogP contribution in [-0.4, -0.2) is 48.9 Å². The van der Waals surface area contributed by atoms with Crippen molar-refractivity contribution in [3.8, 4) is 5.75 Å². The van der Waals surface area contributed by atoms with Crippen molar-refractivity contribution in [2.75, 3.05) is 20.2 Å². The van der Waals surface area contributed by atoms with Gasteiger partial charge in [0.15, 0.2) is 5.78 Å². The number of methoxy groups -OCH3 is 1. The van der Waals surface area contributed by atoms with Crippen LogP contribution in [-0.2, 0) is 4.79 Å². The minimum atomic E-state index is -0.0593. The molecule has 5 nitrogen and oxygen atoms in total. The van der Waals surface area contributed by atoms with E-state index in [1.165, 1.54) is 6.42 Å². The minimum Gasteiger partial charge on any atom is -0.496 e. The lowest BCUT2D eigenvalue weighted by Crippen LogP contribution is -2.39. The number of carbonyl (C=O) groups is 2. The molecule has 3 rings (SSSR count). The highest BCUT2D eigenvalue weighted by Crippen LogP contribution is 2.25. The van der Waals surface area contributed by atoms with E-state index >= 15 is 0 Å². The standard InChI is InChI=1S/C18H23BrN2O3/c1-24-17-6-2-12(19)10-15(17)16(22)5-7-18(23)21-9-8-13-3-4-14(11-21)20-13/h2,6,10,13-14,20H,3-5,7-9,11H2,1H3. The SMILES string of the molecule is COc1ccc(Br)cc1C(=O)CCC(=O)N1CCC2CCC(C1)N2. The van der Waals surface area contributed by atoms with Gasteiger partial charge in [-0.2, -0.15) is 0 Å². The Hall–Kier alpha value is -1.40. The van der Waals surface area contributed by atoms with Crippen LogP contribution in [0.15, 0.2) is 22.7 Å². The molecular formula is C18H23BrN2O3. The molecule has 0 aliphatic carbocycles. The van der Waals surface area contributed by atoms with Gasteiger partial charge in [0.2, 0.25) is 5.91 Å². The molecule has 1 aromatic carbocycles. The number of ether oxygens (including phenoxy) is 1. The van der Waals surface area contributed by atoms with Crippen molar-refractivity contribution < 1.29 is 14.3 Å². The summed E-state index contributed by atoms with van der Waals surface area (Å²) in [6.07, 6.45) is 3.84. The molecule has 1 amide bonds. The topological polar surface area (TPSA) is 58.6 Å². The number of benzene rings is 1. The smallest absolute Gasteiger partial charge is 0.223 e. The molecule has 24 heavy (non-hydrogen) atoms. The zero-order valence-corrected chi connectivity index (χ0v) is 15.5. The van der Waals surface area contributed by atoms with Crippen molar-refractivity contribution in [3.05, 3.63) is 28.2 Å². The summed E-state index contributed by atoms with van der Waals surface area (Å²) in [5.41, 5.74) is 0.524. The highest BCUT2D eigenvalue weighted by Gasteiger charge is 2.31.